The molecule has 3 aromatic rings. The van der Waals surface area contributed by atoms with E-state index in [9.17, 15) is 0 Å². The highest BCUT2D eigenvalue weighted by atomic mass is 15.3. The SMILES string of the molecule is N#Cc1ccc(N2CCN(c3cc(-n4cccn4)ncn3)CC2)nc1. The lowest BCUT2D eigenvalue weighted by Crippen LogP contribution is -2.47. The monoisotopic (exact) mass is 332 g/mol. The molecule has 1 aliphatic rings. The second-order valence-corrected chi connectivity index (χ2v) is 5.68. The van der Waals surface area contributed by atoms with Gasteiger partial charge in [-0.2, -0.15) is 10.4 Å². The third-order valence-electron chi connectivity index (χ3n) is 4.18. The fourth-order valence-corrected chi connectivity index (χ4v) is 2.84. The van der Waals surface area contributed by atoms with Crippen LogP contribution < -0.4 is 9.80 Å². The summed E-state index contributed by atoms with van der Waals surface area (Å²) in [6.07, 6.45) is 6.77. The zero-order valence-corrected chi connectivity index (χ0v) is 13.5. The second-order valence-electron chi connectivity index (χ2n) is 5.68. The van der Waals surface area contributed by atoms with E-state index < -0.39 is 0 Å². The fraction of sp³-hybridized carbons (Fsp3) is 0.235. The van der Waals surface area contributed by atoms with Crippen molar-refractivity contribution in [3.8, 4) is 11.9 Å². The summed E-state index contributed by atoms with van der Waals surface area (Å²) >= 11 is 0. The second kappa shape index (κ2) is 6.57. The van der Waals surface area contributed by atoms with Crippen LogP contribution in [0.2, 0.25) is 0 Å². The van der Waals surface area contributed by atoms with Crippen LogP contribution in [0.25, 0.3) is 5.82 Å². The largest absolute Gasteiger partial charge is 0.353 e. The number of aromatic nitrogens is 5. The zero-order chi connectivity index (χ0) is 17.1. The standard InChI is InChI=1S/C17H16N8/c18-11-14-2-3-15(19-12-14)23-6-8-24(9-7-23)16-10-17(21-13-20-16)25-5-1-4-22-25/h1-5,10,12-13H,6-9H2. The van der Waals surface area contributed by atoms with Crippen LogP contribution in [0, 0.1) is 11.3 Å². The molecule has 0 saturated carbocycles. The summed E-state index contributed by atoms with van der Waals surface area (Å²) in [5, 5.41) is 13.1. The van der Waals surface area contributed by atoms with Gasteiger partial charge in [0.2, 0.25) is 0 Å². The maximum Gasteiger partial charge on any atom is 0.158 e. The predicted molar refractivity (Wildman–Crippen MR) is 92.5 cm³/mol. The van der Waals surface area contributed by atoms with Crippen molar-refractivity contribution in [2.75, 3.05) is 36.0 Å². The first kappa shape index (κ1) is 15.1. The molecule has 0 unspecified atom stereocenters. The van der Waals surface area contributed by atoms with Crippen LogP contribution in [0.3, 0.4) is 0 Å². The molecule has 0 aromatic carbocycles. The van der Waals surface area contributed by atoms with Gasteiger partial charge in [0.05, 0.1) is 5.56 Å². The van der Waals surface area contributed by atoms with Crippen LogP contribution in [0.1, 0.15) is 5.56 Å². The number of nitrogens with zero attached hydrogens (tertiary/aromatic N) is 8. The van der Waals surface area contributed by atoms with Gasteiger partial charge in [0.25, 0.3) is 0 Å². The van der Waals surface area contributed by atoms with Crippen molar-refractivity contribution in [2.24, 2.45) is 0 Å². The molecule has 4 heterocycles. The van der Waals surface area contributed by atoms with Crippen molar-refractivity contribution in [1.29, 1.82) is 5.26 Å². The van der Waals surface area contributed by atoms with Gasteiger partial charge in [-0.15, -0.1) is 0 Å². The van der Waals surface area contributed by atoms with Crippen molar-refractivity contribution in [2.45, 2.75) is 0 Å². The minimum atomic E-state index is 0.578. The van der Waals surface area contributed by atoms with Gasteiger partial charge in [-0.05, 0) is 18.2 Å². The number of piperazine rings is 1. The molecule has 0 aliphatic carbocycles. The Bertz CT molecular complexity index is 874. The van der Waals surface area contributed by atoms with E-state index in [1.54, 1.807) is 29.5 Å². The Labute approximate surface area is 145 Å². The summed E-state index contributed by atoms with van der Waals surface area (Å²) < 4.78 is 1.72. The van der Waals surface area contributed by atoms with E-state index in [0.717, 1.165) is 43.6 Å². The lowest BCUT2D eigenvalue weighted by molar-refractivity contribution is 0.640. The smallest absolute Gasteiger partial charge is 0.158 e. The lowest BCUT2D eigenvalue weighted by atomic mass is 10.2. The molecule has 0 atom stereocenters. The van der Waals surface area contributed by atoms with Crippen LogP contribution in [0.5, 0.6) is 0 Å². The molecule has 0 bridgehead atoms. The number of anilines is 2. The van der Waals surface area contributed by atoms with Gasteiger partial charge in [0, 0.05) is 50.8 Å². The molecule has 8 nitrogen and oxygen atoms in total. The summed E-state index contributed by atoms with van der Waals surface area (Å²) in [7, 11) is 0. The normalized spacial score (nSPS) is 14.4. The minimum Gasteiger partial charge on any atom is -0.353 e. The topological polar surface area (TPSA) is 86.8 Å². The van der Waals surface area contributed by atoms with E-state index >= 15 is 0 Å². The molecule has 1 fully saturated rings. The van der Waals surface area contributed by atoms with Gasteiger partial charge < -0.3 is 9.80 Å². The van der Waals surface area contributed by atoms with Crippen molar-refractivity contribution < 1.29 is 0 Å². The summed E-state index contributed by atoms with van der Waals surface area (Å²) in [6.45, 7) is 3.38. The number of nitriles is 1. The van der Waals surface area contributed by atoms with Gasteiger partial charge in [0.15, 0.2) is 5.82 Å². The van der Waals surface area contributed by atoms with E-state index in [-0.39, 0.29) is 0 Å². The van der Waals surface area contributed by atoms with E-state index in [4.69, 9.17) is 5.26 Å². The molecule has 124 valence electrons. The molecule has 1 saturated heterocycles. The van der Waals surface area contributed by atoms with E-state index in [1.165, 1.54) is 0 Å². The third kappa shape index (κ3) is 3.12. The van der Waals surface area contributed by atoms with Crippen LogP contribution >= 0.6 is 0 Å². The van der Waals surface area contributed by atoms with Crippen LogP contribution in [0.15, 0.2) is 49.2 Å². The lowest BCUT2D eigenvalue weighted by Gasteiger charge is -2.36. The fourth-order valence-electron chi connectivity index (χ4n) is 2.84. The predicted octanol–water partition coefficient (Wildman–Crippen LogP) is 1.26. The quantitative estimate of drug-likeness (QED) is 0.713. The summed E-state index contributed by atoms with van der Waals surface area (Å²) in [6, 6.07) is 9.60. The number of hydrogen-bond acceptors (Lipinski definition) is 7. The molecule has 25 heavy (non-hydrogen) atoms. The molecule has 4 rings (SSSR count). The highest BCUT2D eigenvalue weighted by Gasteiger charge is 2.19. The zero-order valence-electron chi connectivity index (χ0n) is 13.5. The van der Waals surface area contributed by atoms with Crippen LogP contribution in [-0.2, 0) is 0 Å². The summed E-state index contributed by atoms with van der Waals surface area (Å²) in [5.74, 6) is 2.55. The first-order valence-corrected chi connectivity index (χ1v) is 8.01. The summed E-state index contributed by atoms with van der Waals surface area (Å²) in [4.78, 5) is 17.5. The molecule has 0 spiro atoms. The minimum absolute atomic E-state index is 0.578. The first-order valence-electron chi connectivity index (χ1n) is 8.01. The van der Waals surface area contributed by atoms with Gasteiger partial charge in [-0.25, -0.2) is 19.6 Å². The van der Waals surface area contributed by atoms with Crippen LogP contribution in [-0.4, -0.2) is 50.9 Å². The average molecular weight is 332 g/mol. The molecule has 8 heteroatoms. The molecular weight excluding hydrogens is 316 g/mol. The number of rotatable bonds is 3. The first-order chi connectivity index (χ1) is 12.3. The molecule has 0 radical (unpaired) electrons. The third-order valence-corrected chi connectivity index (χ3v) is 4.18. The van der Waals surface area contributed by atoms with Gasteiger partial charge in [-0.1, -0.05) is 0 Å². The number of hydrogen-bond donors (Lipinski definition) is 0. The highest BCUT2D eigenvalue weighted by molar-refractivity contribution is 5.47. The van der Waals surface area contributed by atoms with E-state index in [2.05, 4.69) is 35.9 Å². The molecular formula is C17H16N8. The highest BCUT2D eigenvalue weighted by Crippen LogP contribution is 2.18. The van der Waals surface area contributed by atoms with Crippen LogP contribution in [0.4, 0.5) is 11.6 Å². The Morgan fingerprint density at radius 1 is 0.920 bits per heavy atom. The Hall–Kier alpha value is -3.47. The van der Waals surface area contributed by atoms with Gasteiger partial charge in [0.1, 0.15) is 24.0 Å². The molecule has 3 aromatic heterocycles. The number of pyridine rings is 1. The maximum absolute atomic E-state index is 8.86. The average Bonchev–Trinajstić information content (AvgIpc) is 3.23. The Kier molecular flexibility index (Phi) is 3.96. The van der Waals surface area contributed by atoms with Gasteiger partial charge >= 0.3 is 0 Å². The van der Waals surface area contributed by atoms with E-state index in [1.807, 2.05) is 24.4 Å². The molecule has 0 amide bonds. The van der Waals surface area contributed by atoms with E-state index in [0.29, 0.717) is 5.56 Å². The van der Waals surface area contributed by atoms with Crippen molar-refractivity contribution in [1.82, 2.24) is 24.7 Å². The molecule has 0 N–H and O–H groups in total. The summed E-state index contributed by atoms with van der Waals surface area (Å²) in [5.41, 5.74) is 0.578. The maximum atomic E-state index is 8.86. The Balaban J connectivity index is 1.45. The van der Waals surface area contributed by atoms with Crippen molar-refractivity contribution in [3.05, 3.63) is 54.7 Å². The molecule has 1 aliphatic heterocycles. The van der Waals surface area contributed by atoms with Crippen molar-refractivity contribution in [3.63, 3.8) is 0 Å². The Morgan fingerprint density at radius 3 is 2.32 bits per heavy atom. The van der Waals surface area contributed by atoms with Gasteiger partial charge in [-0.3, -0.25) is 0 Å². The Morgan fingerprint density at radius 2 is 1.68 bits per heavy atom. The van der Waals surface area contributed by atoms with Crippen molar-refractivity contribution >= 4 is 11.6 Å².